The fourth-order valence-electron chi connectivity index (χ4n) is 2.67. The first kappa shape index (κ1) is 17.1. The van der Waals surface area contributed by atoms with E-state index in [0.717, 1.165) is 4.90 Å². The molecule has 2 aliphatic rings. The Balaban J connectivity index is 1.77. The molecule has 0 aromatic heterocycles. The Kier molecular flexibility index (Phi) is 4.45. The van der Waals surface area contributed by atoms with Crippen LogP contribution < -0.4 is 10.2 Å². The highest BCUT2D eigenvalue weighted by Gasteiger charge is 2.37. The highest BCUT2D eigenvalue weighted by atomic mass is 32.2. The van der Waals surface area contributed by atoms with Crippen LogP contribution in [-0.4, -0.2) is 49.1 Å². The molecule has 0 saturated carbocycles. The molecular weight excluding hydrogens is 356 g/mol. The second-order valence-corrected chi connectivity index (χ2v) is 8.29. The van der Waals surface area contributed by atoms with Crippen LogP contribution in [0.4, 0.5) is 16.2 Å². The third-order valence-corrected chi connectivity index (χ3v) is 5.87. The lowest BCUT2D eigenvalue weighted by molar-refractivity contribution is -0.113. The van der Waals surface area contributed by atoms with Crippen molar-refractivity contribution in [1.29, 1.82) is 0 Å². The average Bonchev–Trinajstić information content (AvgIpc) is 2.87. The summed E-state index contributed by atoms with van der Waals surface area (Å²) in [6.45, 7) is 1.77. The number of thioether (sulfide) groups is 1. The van der Waals surface area contributed by atoms with E-state index in [0.29, 0.717) is 17.1 Å². The third-order valence-electron chi connectivity index (χ3n) is 3.85. The number of anilines is 2. The van der Waals surface area contributed by atoms with Crippen molar-refractivity contribution in [3.8, 4) is 0 Å². The summed E-state index contributed by atoms with van der Waals surface area (Å²) in [5.41, 5.74) is 1.19. The first-order valence-corrected chi connectivity index (χ1v) is 9.82. The topological polar surface area (TPSA) is 113 Å². The minimum absolute atomic E-state index is 0.103. The van der Waals surface area contributed by atoms with Gasteiger partial charge in [0.1, 0.15) is 6.10 Å². The molecule has 2 amide bonds. The van der Waals surface area contributed by atoms with Gasteiger partial charge in [-0.1, -0.05) is 6.92 Å². The molecular formula is C14H16N2O6S2. The summed E-state index contributed by atoms with van der Waals surface area (Å²) in [7, 11) is -4.14. The van der Waals surface area contributed by atoms with Gasteiger partial charge in [-0.3, -0.25) is 14.2 Å². The second kappa shape index (κ2) is 6.26. The largest absolute Gasteiger partial charge is 0.444 e. The van der Waals surface area contributed by atoms with E-state index in [1.807, 2.05) is 6.07 Å². The summed E-state index contributed by atoms with van der Waals surface area (Å²) in [4.78, 5) is 25.9. The molecule has 24 heavy (non-hydrogen) atoms. The number of carbonyl (C=O) groups excluding carboxylic acids is 2. The Morgan fingerprint density at radius 3 is 2.92 bits per heavy atom. The number of carbonyl (C=O) groups is 2. The van der Waals surface area contributed by atoms with Crippen molar-refractivity contribution in [2.24, 2.45) is 5.92 Å². The molecule has 1 aromatic rings. The monoisotopic (exact) mass is 372 g/mol. The molecule has 2 aliphatic heterocycles. The molecule has 1 fully saturated rings. The number of nitrogens with one attached hydrogen (secondary N) is 1. The number of amides is 2. The molecule has 2 heterocycles. The molecule has 10 heteroatoms. The number of ether oxygens (including phenoxy) is 1. The van der Waals surface area contributed by atoms with Gasteiger partial charge >= 0.3 is 6.09 Å². The first-order valence-electron chi connectivity index (χ1n) is 7.23. The molecule has 0 spiro atoms. The van der Waals surface area contributed by atoms with Crippen molar-refractivity contribution in [3.63, 3.8) is 0 Å². The zero-order valence-electron chi connectivity index (χ0n) is 12.8. The normalized spacial score (nSPS) is 21.9. The zero-order chi connectivity index (χ0) is 17.5. The maximum absolute atomic E-state index is 12.1. The van der Waals surface area contributed by atoms with Crippen molar-refractivity contribution in [2.75, 3.05) is 28.3 Å². The van der Waals surface area contributed by atoms with Crippen molar-refractivity contribution >= 4 is 45.3 Å². The predicted molar refractivity (Wildman–Crippen MR) is 89.0 cm³/mol. The van der Waals surface area contributed by atoms with E-state index in [1.54, 1.807) is 19.1 Å². The van der Waals surface area contributed by atoms with Crippen LogP contribution in [-0.2, 0) is 19.6 Å². The van der Waals surface area contributed by atoms with Gasteiger partial charge in [-0.15, -0.1) is 11.8 Å². The third kappa shape index (κ3) is 3.65. The summed E-state index contributed by atoms with van der Waals surface area (Å²) in [6.07, 6.45) is -1.23. The van der Waals surface area contributed by atoms with E-state index < -0.39 is 34.0 Å². The lowest BCUT2D eigenvalue weighted by Crippen LogP contribution is -2.30. The van der Waals surface area contributed by atoms with Crippen molar-refractivity contribution in [3.05, 3.63) is 18.2 Å². The molecule has 130 valence electrons. The molecule has 1 saturated heterocycles. The smallest absolute Gasteiger partial charge is 0.414 e. The Morgan fingerprint density at radius 1 is 1.46 bits per heavy atom. The van der Waals surface area contributed by atoms with E-state index >= 15 is 0 Å². The molecule has 2 N–H and O–H groups in total. The minimum Gasteiger partial charge on any atom is -0.444 e. The summed E-state index contributed by atoms with van der Waals surface area (Å²) in [6, 6.07) is 5.26. The summed E-state index contributed by atoms with van der Waals surface area (Å²) in [5, 5.41) is 2.75. The molecule has 0 radical (unpaired) electrons. The SMILES string of the molecule is CC(CS(=O)(=O)O)[C@H]1CN(c2ccc3c(c2)NC(=O)CS3)C(=O)O1. The van der Waals surface area contributed by atoms with Crippen molar-refractivity contribution < 1.29 is 27.3 Å². The van der Waals surface area contributed by atoms with Crippen LogP contribution in [0, 0.1) is 5.92 Å². The minimum atomic E-state index is -4.14. The fourth-order valence-corrected chi connectivity index (χ4v) is 4.34. The van der Waals surface area contributed by atoms with Gasteiger partial charge in [0.25, 0.3) is 10.1 Å². The lowest BCUT2D eigenvalue weighted by Gasteiger charge is -2.20. The van der Waals surface area contributed by atoms with Crippen LogP contribution >= 0.6 is 11.8 Å². The van der Waals surface area contributed by atoms with E-state index in [9.17, 15) is 18.0 Å². The number of hydrogen-bond acceptors (Lipinski definition) is 6. The van der Waals surface area contributed by atoms with Crippen LogP contribution in [0.3, 0.4) is 0 Å². The van der Waals surface area contributed by atoms with E-state index in [2.05, 4.69) is 5.32 Å². The van der Waals surface area contributed by atoms with Crippen LogP contribution in [0.1, 0.15) is 6.92 Å². The first-order chi connectivity index (χ1) is 11.2. The number of nitrogens with zero attached hydrogens (tertiary/aromatic N) is 1. The average molecular weight is 372 g/mol. The summed E-state index contributed by atoms with van der Waals surface area (Å²) >= 11 is 1.42. The Labute approximate surface area is 143 Å². The van der Waals surface area contributed by atoms with Gasteiger partial charge in [-0.05, 0) is 18.2 Å². The summed E-state index contributed by atoms with van der Waals surface area (Å²) < 4.78 is 36.1. The maximum atomic E-state index is 12.1. The quantitative estimate of drug-likeness (QED) is 0.772. The maximum Gasteiger partial charge on any atom is 0.414 e. The molecule has 1 unspecified atom stereocenters. The zero-order valence-corrected chi connectivity index (χ0v) is 14.4. The molecule has 8 nitrogen and oxygen atoms in total. The van der Waals surface area contributed by atoms with Crippen LogP contribution in [0.25, 0.3) is 0 Å². The predicted octanol–water partition coefficient (Wildman–Crippen LogP) is 1.58. The molecule has 3 rings (SSSR count). The van der Waals surface area contributed by atoms with Crippen molar-refractivity contribution in [1.82, 2.24) is 0 Å². The number of benzene rings is 1. The number of cyclic esters (lactones) is 1. The standard InChI is InChI=1S/C14H16N2O6S2/c1-8(7-24(19,20)21)11-5-16(14(18)22-11)9-2-3-12-10(4-9)15-13(17)6-23-12/h2-4,8,11H,5-7H2,1H3,(H,15,17)(H,19,20,21)/t8?,11-/m1/s1. The molecule has 0 aliphatic carbocycles. The second-order valence-electron chi connectivity index (χ2n) is 5.78. The van der Waals surface area contributed by atoms with E-state index in [-0.39, 0.29) is 12.5 Å². The van der Waals surface area contributed by atoms with Crippen molar-refractivity contribution in [2.45, 2.75) is 17.9 Å². The summed E-state index contributed by atoms with van der Waals surface area (Å²) in [5.74, 6) is -0.765. The van der Waals surface area contributed by atoms with E-state index in [1.165, 1.54) is 16.7 Å². The van der Waals surface area contributed by atoms with Gasteiger partial charge in [-0.2, -0.15) is 8.42 Å². The Hall–Kier alpha value is -1.78. The van der Waals surface area contributed by atoms with Crippen LogP contribution in [0.2, 0.25) is 0 Å². The van der Waals surface area contributed by atoms with Gasteiger partial charge in [-0.25, -0.2) is 4.79 Å². The van der Waals surface area contributed by atoms with Gasteiger partial charge in [0.05, 0.1) is 23.7 Å². The highest BCUT2D eigenvalue weighted by Crippen LogP contribution is 2.36. The van der Waals surface area contributed by atoms with Gasteiger partial charge in [0.15, 0.2) is 0 Å². The van der Waals surface area contributed by atoms with E-state index in [4.69, 9.17) is 9.29 Å². The highest BCUT2D eigenvalue weighted by molar-refractivity contribution is 8.00. The molecule has 0 bridgehead atoms. The number of hydrogen-bond donors (Lipinski definition) is 2. The lowest BCUT2D eigenvalue weighted by atomic mass is 10.1. The molecule has 1 aromatic carbocycles. The van der Waals surface area contributed by atoms with Gasteiger partial charge in [0.2, 0.25) is 5.91 Å². The Morgan fingerprint density at radius 2 is 2.21 bits per heavy atom. The van der Waals surface area contributed by atoms with Crippen LogP contribution in [0.15, 0.2) is 23.1 Å². The number of fused-ring (bicyclic) bond motifs is 1. The number of rotatable bonds is 4. The Bertz CT molecular complexity index is 794. The van der Waals surface area contributed by atoms with Crippen LogP contribution in [0.5, 0.6) is 0 Å². The van der Waals surface area contributed by atoms with Gasteiger partial charge in [0, 0.05) is 16.5 Å². The molecule has 2 atom stereocenters. The fraction of sp³-hybridized carbons (Fsp3) is 0.429. The van der Waals surface area contributed by atoms with Gasteiger partial charge < -0.3 is 10.1 Å².